The molecule has 0 saturated heterocycles. The minimum Gasteiger partial charge on any atom is -0.393 e. The molecule has 1 aliphatic carbocycles. The maximum atomic E-state index is 10.1. The van der Waals surface area contributed by atoms with E-state index in [1.165, 1.54) is 0 Å². The van der Waals surface area contributed by atoms with Gasteiger partial charge < -0.3 is 5.11 Å². The predicted octanol–water partition coefficient (Wildman–Crippen LogP) is 0.814. The summed E-state index contributed by atoms with van der Waals surface area (Å²) >= 11 is 0. The zero-order valence-corrected chi connectivity index (χ0v) is 6.40. The summed E-state index contributed by atoms with van der Waals surface area (Å²) in [4.78, 5) is 9.81. The van der Waals surface area contributed by atoms with E-state index < -0.39 is 0 Å². The van der Waals surface area contributed by atoms with E-state index in [1.54, 1.807) is 0 Å². The van der Waals surface area contributed by atoms with Gasteiger partial charge in [-0.3, -0.25) is 10.1 Å². The van der Waals surface area contributed by atoms with E-state index in [2.05, 4.69) is 0 Å². The van der Waals surface area contributed by atoms with Gasteiger partial charge in [-0.25, -0.2) is 0 Å². The van der Waals surface area contributed by atoms with Crippen molar-refractivity contribution in [1.82, 2.24) is 0 Å². The second-order valence-electron chi connectivity index (χ2n) is 3.20. The number of hydrogen-bond donors (Lipinski definition) is 1. The number of hydrogen-bond acceptors (Lipinski definition) is 3. The fourth-order valence-electron chi connectivity index (χ4n) is 1.64. The molecule has 1 saturated carbocycles. The Hall–Kier alpha value is -0.640. The molecule has 1 rings (SSSR count). The van der Waals surface area contributed by atoms with Crippen LogP contribution in [0.4, 0.5) is 0 Å². The molecule has 64 valence electrons. The van der Waals surface area contributed by atoms with Gasteiger partial charge in [-0.15, -0.1) is 0 Å². The van der Waals surface area contributed by atoms with Gasteiger partial charge in [0.15, 0.2) is 0 Å². The highest BCUT2D eigenvalue weighted by atomic mass is 16.6. The molecule has 0 radical (unpaired) electrons. The van der Waals surface area contributed by atoms with Crippen LogP contribution in [0.25, 0.3) is 0 Å². The summed E-state index contributed by atoms with van der Waals surface area (Å²) in [5.41, 5.74) is 0. The van der Waals surface area contributed by atoms with Gasteiger partial charge in [-0.1, -0.05) is 6.42 Å². The van der Waals surface area contributed by atoms with Crippen LogP contribution in [0, 0.1) is 16.0 Å². The van der Waals surface area contributed by atoms with Gasteiger partial charge in [0.25, 0.3) is 0 Å². The van der Waals surface area contributed by atoms with Crippen LogP contribution in [0.1, 0.15) is 25.7 Å². The molecule has 1 N–H and O–H groups in total. The summed E-state index contributed by atoms with van der Waals surface area (Å²) in [6.07, 6.45) is 2.96. The first-order chi connectivity index (χ1) is 5.18. The minimum atomic E-state index is -0.298. The normalized spacial score (nSPS) is 31.7. The van der Waals surface area contributed by atoms with Crippen LogP contribution < -0.4 is 0 Å². The molecule has 11 heavy (non-hydrogen) atoms. The lowest BCUT2D eigenvalue weighted by Gasteiger charge is -2.22. The third kappa shape index (κ3) is 2.84. The maximum Gasteiger partial charge on any atom is 0.206 e. The van der Waals surface area contributed by atoms with Gasteiger partial charge in [0, 0.05) is 10.8 Å². The minimum absolute atomic E-state index is 0.0249. The van der Waals surface area contributed by atoms with Crippen molar-refractivity contribution in [2.45, 2.75) is 31.8 Å². The second kappa shape index (κ2) is 3.67. The van der Waals surface area contributed by atoms with Crippen molar-refractivity contribution < 1.29 is 10.0 Å². The molecule has 0 aromatic carbocycles. The topological polar surface area (TPSA) is 63.4 Å². The number of rotatable bonds is 2. The fraction of sp³-hybridized carbons (Fsp3) is 1.00. The second-order valence-corrected chi connectivity index (χ2v) is 3.20. The molecule has 1 fully saturated rings. The molecule has 4 heteroatoms. The molecule has 0 aromatic rings. The molecule has 0 unspecified atom stereocenters. The lowest BCUT2D eigenvalue weighted by Crippen LogP contribution is -2.24. The quantitative estimate of drug-likeness (QED) is 0.479. The van der Waals surface area contributed by atoms with Crippen LogP contribution in [-0.4, -0.2) is 22.7 Å². The van der Waals surface area contributed by atoms with Crippen LogP contribution in [0.15, 0.2) is 0 Å². The van der Waals surface area contributed by atoms with Crippen LogP contribution in [0.5, 0.6) is 0 Å². The van der Waals surface area contributed by atoms with Crippen molar-refractivity contribution in [3.8, 4) is 0 Å². The van der Waals surface area contributed by atoms with Gasteiger partial charge in [-0.05, 0) is 19.3 Å². The predicted molar refractivity (Wildman–Crippen MR) is 39.8 cm³/mol. The average Bonchev–Trinajstić information content (AvgIpc) is 1.85. The standard InChI is InChI=1S/C7H13NO3/c9-7-3-1-2-6(4-7)5-8(10)11/h6-7,9H,1-5H2/t6-,7+/m0/s1. The van der Waals surface area contributed by atoms with Crippen molar-refractivity contribution in [2.24, 2.45) is 5.92 Å². The Labute approximate surface area is 65.4 Å². The van der Waals surface area contributed by atoms with Crippen molar-refractivity contribution in [3.63, 3.8) is 0 Å². The van der Waals surface area contributed by atoms with Gasteiger partial charge in [-0.2, -0.15) is 0 Å². The van der Waals surface area contributed by atoms with Crippen LogP contribution in [0.3, 0.4) is 0 Å². The number of aliphatic hydroxyl groups excluding tert-OH is 1. The van der Waals surface area contributed by atoms with Gasteiger partial charge >= 0.3 is 0 Å². The Morgan fingerprint density at radius 1 is 1.55 bits per heavy atom. The molecule has 4 nitrogen and oxygen atoms in total. The molecule has 2 atom stereocenters. The lowest BCUT2D eigenvalue weighted by atomic mass is 9.87. The van der Waals surface area contributed by atoms with Crippen molar-refractivity contribution in [3.05, 3.63) is 10.1 Å². The Balaban J connectivity index is 2.28. The summed E-state index contributed by atoms with van der Waals surface area (Å²) in [6, 6.07) is 0. The van der Waals surface area contributed by atoms with E-state index in [1.807, 2.05) is 0 Å². The van der Waals surface area contributed by atoms with Gasteiger partial charge in [0.2, 0.25) is 6.54 Å². The van der Waals surface area contributed by atoms with Crippen molar-refractivity contribution in [2.75, 3.05) is 6.54 Å². The monoisotopic (exact) mass is 159 g/mol. The highest BCUT2D eigenvalue weighted by molar-refractivity contribution is 4.71. The Bertz CT molecular complexity index is 149. The van der Waals surface area contributed by atoms with Gasteiger partial charge in [0.05, 0.1) is 6.10 Å². The Morgan fingerprint density at radius 3 is 2.82 bits per heavy atom. The molecular weight excluding hydrogens is 146 g/mol. The first-order valence-corrected chi connectivity index (χ1v) is 3.98. The third-order valence-corrected chi connectivity index (χ3v) is 2.16. The van der Waals surface area contributed by atoms with Crippen LogP contribution >= 0.6 is 0 Å². The SMILES string of the molecule is O=[N+]([O-])C[C@H]1CCC[C@@H](O)C1. The maximum absolute atomic E-state index is 10.1. The van der Waals surface area contributed by atoms with Crippen molar-refractivity contribution >= 4 is 0 Å². The highest BCUT2D eigenvalue weighted by Gasteiger charge is 2.23. The summed E-state index contributed by atoms with van der Waals surface area (Å²) in [6.45, 7) is 0.0249. The first-order valence-electron chi connectivity index (χ1n) is 3.98. The van der Waals surface area contributed by atoms with E-state index in [4.69, 9.17) is 5.11 Å². The summed E-state index contributed by atoms with van der Waals surface area (Å²) in [5.74, 6) is 0.105. The van der Waals surface area contributed by atoms with Gasteiger partial charge in [0.1, 0.15) is 0 Å². The summed E-state index contributed by atoms with van der Waals surface area (Å²) < 4.78 is 0. The summed E-state index contributed by atoms with van der Waals surface area (Å²) in [7, 11) is 0. The van der Waals surface area contributed by atoms with Crippen LogP contribution in [-0.2, 0) is 0 Å². The largest absolute Gasteiger partial charge is 0.393 e. The first kappa shape index (κ1) is 8.46. The third-order valence-electron chi connectivity index (χ3n) is 2.16. The number of nitro groups is 1. The molecule has 0 bridgehead atoms. The zero-order valence-electron chi connectivity index (χ0n) is 6.40. The molecule has 0 aliphatic heterocycles. The van der Waals surface area contributed by atoms with Crippen molar-refractivity contribution in [1.29, 1.82) is 0 Å². The molecule has 0 amide bonds. The summed E-state index contributed by atoms with van der Waals surface area (Å²) in [5, 5.41) is 19.3. The Kier molecular flexibility index (Phi) is 2.82. The molecule has 0 spiro atoms. The number of nitrogens with zero attached hydrogens (tertiary/aromatic N) is 1. The zero-order chi connectivity index (χ0) is 8.27. The molecule has 0 heterocycles. The van der Waals surface area contributed by atoms with E-state index >= 15 is 0 Å². The lowest BCUT2D eigenvalue weighted by molar-refractivity contribution is -0.489. The van der Waals surface area contributed by atoms with Crippen LogP contribution in [0.2, 0.25) is 0 Å². The van der Waals surface area contributed by atoms with E-state index in [9.17, 15) is 10.1 Å². The average molecular weight is 159 g/mol. The fourth-order valence-corrected chi connectivity index (χ4v) is 1.64. The van der Waals surface area contributed by atoms with E-state index in [0.29, 0.717) is 6.42 Å². The molecular formula is C7H13NO3. The smallest absolute Gasteiger partial charge is 0.206 e. The van der Waals surface area contributed by atoms with E-state index in [0.717, 1.165) is 19.3 Å². The molecule has 0 aromatic heterocycles. The number of aliphatic hydroxyl groups is 1. The van der Waals surface area contributed by atoms with E-state index in [-0.39, 0.29) is 23.5 Å². The Morgan fingerprint density at radius 2 is 2.27 bits per heavy atom. The highest BCUT2D eigenvalue weighted by Crippen LogP contribution is 2.23. The molecule has 1 aliphatic rings.